The Morgan fingerprint density at radius 2 is 2.00 bits per heavy atom. The third kappa shape index (κ3) is 3.64. The van der Waals surface area contributed by atoms with Crippen molar-refractivity contribution in [1.29, 1.82) is 0 Å². The van der Waals surface area contributed by atoms with E-state index in [0.29, 0.717) is 0 Å². The quantitative estimate of drug-likeness (QED) is 0.263. The molecule has 1 heterocycles. The highest BCUT2D eigenvalue weighted by Crippen LogP contribution is 2.32. The van der Waals surface area contributed by atoms with Crippen LogP contribution in [0.3, 0.4) is 0 Å². The number of aromatic hydroxyl groups is 1. The lowest BCUT2D eigenvalue weighted by Crippen LogP contribution is -2.57. The van der Waals surface area contributed by atoms with Crippen LogP contribution >= 0.6 is 11.6 Å². The summed E-state index contributed by atoms with van der Waals surface area (Å²) in [5, 5.41) is 59.1. The van der Waals surface area contributed by atoms with Crippen molar-refractivity contribution in [3.63, 3.8) is 0 Å². The summed E-state index contributed by atoms with van der Waals surface area (Å²) in [6, 6.07) is 0.820. The van der Waals surface area contributed by atoms with Crippen LogP contribution in [-0.4, -0.2) is 73.9 Å². The Bertz CT molecular complexity index is 655. The van der Waals surface area contributed by atoms with Crippen LogP contribution in [0.4, 0.5) is 5.69 Å². The second-order valence-corrected chi connectivity index (χ2v) is 5.55. The van der Waals surface area contributed by atoms with Gasteiger partial charge >= 0.3 is 5.69 Å². The average Bonchev–Trinajstić information content (AvgIpc) is 2.53. The van der Waals surface area contributed by atoms with Crippen LogP contribution in [0.5, 0.6) is 5.75 Å². The number of ether oxygens (including phenoxy) is 1. The van der Waals surface area contributed by atoms with Crippen molar-refractivity contribution < 1.29 is 35.2 Å². The zero-order valence-electron chi connectivity index (χ0n) is 12.1. The number of benzene rings is 1. The fourth-order valence-electron chi connectivity index (χ4n) is 2.25. The normalized spacial score (nSPS) is 30.6. The zero-order chi connectivity index (χ0) is 18.0. The Hall–Kier alpha value is -1.82. The van der Waals surface area contributed by atoms with E-state index in [1.165, 1.54) is 6.07 Å². The first-order valence-electron chi connectivity index (χ1n) is 6.76. The smallest absolute Gasteiger partial charge is 0.312 e. The van der Waals surface area contributed by atoms with Gasteiger partial charge in [0.05, 0.1) is 11.5 Å². The van der Waals surface area contributed by atoms with Gasteiger partial charge in [-0.3, -0.25) is 15.1 Å². The van der Waals surface area contributed by atoms with E-state index in [2.05, 4.69) is 4.99 Å². The maximum atomic E-state index is 10.8. The summed E-state index contributed by atoms with van der Waals surface area (Å²) in [5.41, 5.74) is -0.752. The molecule has 2 rings (SSSR count). The van der Waals surface area contributed by atoms with E-state index in [4.69, 9.17) is 21.4 Å². The molecule has 1 saturated heterocycles. The monoisotopic (exact) mass is 362 g/mol. The summed E-state index contributed by atoms with van der Waals surface area (Å²) >= 11 is 5.74. The van der Waals surface area contributed by atoms with E-state index in [0.717, 1.165) is 12.3 Å². The molecule has 10 nitrogen and oxygen atoms in total. The Morgan fingerprint density at radius 3 is 2.58 bits per heavy atom. The maximum absolute atomic E-state index is 10.8. The molecule has 5 N–H and O–H groups in total. The number of nitrogens with zero attached hydrogens (tertiary/aromatic N) is 2. The highest BCUT2D eigenvalue weighted by Gasteiger charge is 2.43. The molecule has 0 spiro atoms. The van der Waals surface area contributed by atoms with Crippen LogP contribution in [-0.2, 0) is 4.74 Å². The molecule has 1 aliphatic rings. The summed E-state index contributed by atoms with van der Waals surface area (Å²) < 4.78 is 4.92. The van der Waals surface area contributed by atoms with Gasteiger partial charge in [-0.25, -0.2) is 0 Å². The number of hydrogen-bond donors (Lipinski definition) is 5. The Morgan fingerprint density at radius 1 is 1.33 bits per heavy atom. The van der Waals surface area contributed by atoms with Crippen LogP contribution < -0.4 is 0 Å². The standard InChI is InChI=1S/C13H15ClN2O8/c14-6-1-5(10(18)7(2-6)16(22)23)3-15-9-12(20)11(19)8(4-17)24-13(9)21/h1-3,8-9,11-13,17-21H,4H2/t8-,9-,11-,12-,13+/m1/s1. The SMILES string of the molecule is O=[N+]([O-])c1cc(Cl)cc(C=N[C@@H]2[C@@H](O)[C@H](O)[C@@H](CO)O[C@@H]2O)c1O. The van der Waals surface area contributed by atoms with Gasteiger partial charge in [0.25, 0.3) is 0 Å². The summed E-state index contributed by atoms with van der Waals surface area (Å²) in [7, 11) is 0. The van der Waals surface area contributed by atoms with Crippen LogP contribution in [0.1, 0.15) is 5.56 Å². The van der Waals surface area contributed by atoms with Gasteiger partial charge < -0.3 is 30.3 Å². The van der Waals surface area contributed by atoms with Crippen LogP contribution in [0.25, 0.3) is 0 Å². The molecule has 5 atom stereocenters. The third-order valence-corrected chi connectivity index (χ3v) is 3.75. The summed E-state index contributed by atoms with van der Waals surface area (Å²) in [5.74, 6) is -0.692. The average molecular weight is 363 g/mol. The summed E-state index contributed by atoms with van der Waals surface area (Å²) in [4.78, 5) is 13.8. The molecular weight excluding hydrogens is 348 g/mol. The number of halogens is 1. The predicted octanol–water partition coefficient (Wildman–Crippen LogP) is -0.827. The van der Waals surface area contributed by atoms with Crippen molar-refractivity contribution >= 4 is 23.5 Å². The Kier molecular flexibility index (Phi) is 5.70. The Labute approximate surface area is 140 Å². The van der Waals surface area contributed by atoms with Crippen LogP contribution in [0, 0.1) is 10.1 Å². The van der Waals surface area contributed by atoms with E-state index < -0.39 is 53.6 Å². The minimum atomic E-state index is -1.63. The molecule has 1 fully saturated rings. The van der Waals surface area contributed by atoms with Crippen molar-refractivity contribution in [3.05, 3.63) is 32.8 Å². The van der Waals surface area contributed by atoms with Crippen molar-refractivity contribution in [2.75, 3.05) is 6.61 Å². The van der Waals surface area contributed by atoms with Gasteiger partial charge in [0.15, 0.2) is 6.29 Å². The first-order valence-corrected chi connectivity index (χ1v) is 7.14. The van der Waals surface area contributed by atoms with Crippen molar-refractivity contribution in [1.82, 2.24) is 0 Å². The lowest BCUT2D eigenvalue weighted by molar-refractivity contribution is -0.385. The molecule has 0 unspecified atom stereocenters. The highest BCUT2D eigenvalue weighted by atomic mass is 35.5. The summed E-state index contributed by atoms with van der Waals surface area (Å²) in [6.07, 6.45) is -4.91. The maximum Gasteiger partial charge on any atom is 0.312 e. The summed E-state index contributed by atoms with van der Waals surface area (Å²) in [6.45, 7) is -0.618. The molecule has 0 aromatic heterocycles. The van der Waals surface area contributed by atoms with Crippen molar-refractivity contribution in [2.24, 2.45) is 4.99 Å². The van der Waals surface area contributed by atoms with E-state index in [1.807, 2.05) is 0 Å². The molecule has 11 heteroatoms. The molecule has 24 heavy (non-hydrogen) atoms. The molecule has 0 aliphatic carbocycles. The fourth-order valence-corrected chi connectivity index (χ4v) is 2.47. The topological polar surface area (TPSA) is 166 Å². The second kappa shape index (κ2) is 7.38. The largest absolute Gasteiger partial charge is 0.502 e. The highest BCUT2D eigenvalue weighted by molar-refractivity contribution is 6.31. The minimum absolute atomic E-state index is 0.0256. The number of rotatable bonds is 4. The van der Waals surface area contributed by atoms with Gasteiger partial charge in [-0.05, 0) is 6.07 Å². The number of nitro benzene ring substituents is 1. The van der Waals surface area contributed by atoms with Crippen LogP contribution in [0.15, 0.2) is 17.1 Å². The number of nitro groups is 1. The predicted molar refractivity (Wildman–Crippen MR) is 81.1 cm³/mol. The van der Waals surface area contributed by atoms with Gasteiger partial charge in [-0.2, -0.15) is 0 Å². The molecule has 1 aliphatic heterocycles. The molecule has 132 valence electrons. The first kappa shape index (κ1) is 18.5. The van der Waals surface area contributed by atoms with Gasteiger partial charge in [-0.15, -0.1) is 0 Å². The number of aliphatic hydroxyl groups excluding tert-OH is 4. The van der Waals surface area contributed by atoms with Crippen LogP contribution in [0.2, 0.25) is 5.02 Å². The number of aliphatic hydroxyl groups is 4. The number of phenols is 1. The molecule has 0 amide bonds. The zero-order valence-corrected chi connectivity index (χ0v) is 12.8. The van der Waals surface area contributed by atoms with E-state index >= 15 is 0 Å². The fraction of sp³-hybridized carbons (Fsp3) is 0.462. The lowest BCUT2D eigenvalue weighted by Gasteiger charge is -2.38. The van der Waals surface area contributed by atoms with E-state index in [9.17, 15) is 30.5 Å². The Balaban J connectivity index is 2.29. The molecule has 1 aromatic rings. The number of hydrogen-bond acceptors (Lipinski definition) is 9. The molecule has 1 aromatic carbocycles. The lowest BCUT2D eigenvalue weighted by atomic mass is 9.97. The van der Waals surface area contributed by atoms with E-state index in [1.54, 1.807) is 0 Å². The minimum Gasteiger partial charge on any atom is -0.502 e. The van der Waals surface area contributed by atoms with Gasteiger partial charge in [0.1, 0.15) is 24.4 Å². The van der Waals surface area contributed by atoms with Gasteiger partial charge in [0, 0.05) is 22.9 Å². The molecule has 0 bridgehead atoms. The molecule has 0 radical (unpaired) electrons. The number of aliphatic imine (C=N–C) groups is 1. The van der Waals surface area contributed by atoms with Gasteiger partial charge in [0.2, 0.25) is 5.75 Å². The number of phenolic OH excluding ortho intramolecular Hbond substituents is 1. The van der Waals surface area contributed by atoms with Crippen molar-refractivity contribution in [3.8, 4) is 5.75 Å². The second-order valence-electron chi connectivity index (χ2n) is 5.12. The van der Waals surface area contributed by atoms with Crippen molar-refractivity contribution in [2.45, 2.75) is 30.6 Å². The third-order valence-electron chi connectivity index (χ3n) is 3.53. The molecule has 0 saturated carbocycles. The molecular formula is C13H15ClN2O8. The van der Waals surface area contributed by atoms with Gasteiger partial charge in [-0.1, -0.05) is 11.6 Å². The first-order chi connectivity index (χ1) is 11.3. The van der Waals surface area contributed by atoms with E-state index in [-0.39, 0.29) is 10.6 Å².